The zero-order valence-corrected chi connectivity index (χ0v) is 9.29. The van der Waals surface area contributed by atoms with Gasteiger partial charge in [0.25, 0.3) is 0 Å². The van der Waals surface area contributed by atoms with Gasteiger partial charge >= 0.3 is 5.97 Å². The summed E-state index contributed by atoms with van der Waals surface area (Å²) < 4.78 is 9.67. The monoisotopic (exact) mass is 268 g/mol. The minimum atomic E-state index is -1.70. The number of carbonyl (C=O) groups is 1. The van der Waals surface area contributed by atoms with Gasteiger partial charge in [-0.25, -0.2) is 4.79 Å². The molecule has 1 saturated heterocycles. The Bertz CT molecular complexity index is 281. The third kappa shape index (κ3) is 3.14. The molecule has 1 heterocycles. The van der Waals surface area contributed by atoms with Crippen LogP contribution >= 0.6 is 0 Å². The first kappa shape index (κ1) is 15.2. The summed E-state index contributed by atoms with van der Waals surface area (Å²) in [4.78, 5) is 10.6. The Morgan fingerprint density at radius 3 is 2.22 bits per heavy atom. The van der Waals surface area contributed by atoms with Gasteiger partial charge in [0.15, 0.2) is 12.4 Å². The lowest BCUT2D eigenvalue weighted by atomic mass is 9.99. The molecule has 0 spiro atoms. The van der Waals surface area contributed by atoms with Crippen LogP contribution < -0.4 is 0 Å². The van der Waals surface area contributed by atoms with E-state index in [9.17, 15) is 20.1 Å². The van der Waals surface area contributed by atoms with Crippen molar-refractivity contribution in [2.75, 3.05) is 13.2 Å². The van der Waals surface area contributed by atoms with Crippen LogP contribution in [-0.4, -0.2) is 86.6 Å². The topological polar surface area (TPSA) is 157 Å². The maximum Gasteiger partial charge on any atom is 0.335 e. The maximum absolute atomic E-state index is 10.6. The molecule has 18 heavy (non-hydrogen) atoms. The van der Waals surface area contributed by atoms with Gasteiger partial charge in [-0.2, -0.15) is 0 Å². The van der Waals surface area contributed by atoms with E-state index in [0.717, 1.165) is 0 Å². The molecule has 0 aromatic rings. The van der Waals surface area contributed by atoms with E-state index in [1.807, 2.05) is 0 Å². The Hall–Kier alpha value is -0.810. The molecule has 0 aromatic heterocycles. The largest absolute Gasteiger partial charge is 0.479 e. The third-order valence-corrected chi connectivity index (χ3v) is 2.59. The van der Waals surface area contributed by atoms with E-state index in [-0.39, 0.29) is 0 Å². The van der Waals surface area contributed by atoms with Crippen LogP contribution in [0.4, 0.5) is 0 Å². The van der Waals surface area contributed by atoms with Crippen molar-refractivity contribution < 1.29 is 44.9 Å². The number of carboxylic acids is 1. The number of hydrogen-bond acceptors (Lipinski definition) is 8. The lowest BCUT2D eigenvalue weighted by Crippen LogP contribution is -2.60. The standard InChI is InChI=1S/C9H16O9/c10-1-3-5(12)6(13)7(14)9(17-3)18-4(2-11)8(15)16/h3-7,9-14H,1-2H2,(H,15,16). The molecule has 0 amide bonds. The minimum absolute atomic E-state index is 0.651. The van der Waals surface area contributed by atoms with Gasteiger partial charge in [-0.1, -0.05) is 0 Å². The van der Waals surface area contributed by atoms with E-state index >= 15 is 0 Å². The summed E-state index contributed by atoms with van der Waals surface area (Å²) in [5.74, 6) is -1.48. The van der Waals surface area contributed by atoms with Crippen LogP contribution in [0.15, 0.2) is 0 Å². The predicted octanol–water partition coefficient (Wildman–Crippen LogP) is -3.75. The van der Waals surface area contributed by atoms with E-state index in [1.165, 1.54) is 0 Å². The van der Waals surface area contributed by atoms with E-state index in [4.69, 9.17) is 24.8 Å². The first-order valence-electron chi connectivity index (χ1n) is 5.22. The first-order chi connectivity index (χ1) is 8.42. The van der Waals surface area contributed by atoms with Crippen molar-refractivity contribution in [3.8, 4) is 0 Å². The molecular weight excluding hydrogens is 252 g/mol. The second-order valence-electron chi connectivity index (χ2n) is 3.84. The SMILES string of the molecule is O=C(O)C(CO)OC1OC(CO)C(O)C(O)C1O. The molecule has 1 aliphatic heterocycles. The molecule has 9 heteroatoms. The second kappa shape index (κ2) is 6.38. The van der Waals surface area contributed by atoms with Gasteiger partial charge in [0, 0.05) is 0 Å². The molecule has 6 unspecified atom stereocenters. The molecule has 106 valence electrons. The summed E-state index contributed by atoms with van der Waals surface area (Å²) in [5.41, 5.74) is 0. The van der Waals surface area contributed by atoms with Crippen molar-refractivity contribution in [1.29, 1.82) is 0 Å². The second-order valence-corrected chi connectivity index (χ2v) is 3.84. The van der Waals surface area contributed by atoms with Crippen LogP contribution in [0.2, 0.25) is 0 Å². The Morgan fingerprint density at radius 1 is 1.17 bits per heavy atom. The number of aliphatic carboxylic acids is 1. The summed E-state index contributed by atoms with van der Waals surface area (Å²) in [5, 5.41) is 54.7. The average molecular weight is 268 g/mol. The number of aliphatic hydroxyl groups excluding tert-OH is 5. The molecule has 6 atom stereocenters. The minimum Gasteiger partial charge on any atom is -0.479 e. The summed E-state index contributed by atoms with van der Waals surface area (Å²) in [6.45, 7) is -1.51. The normalized spacial score (nSPS) is 38.4. The molecule has 1 aliphatic rings. The van der Waals surface area contributed by atoms with Crippen LogP contribution in [0.3, 0.4) is 0 Å². The van der Waals surface area contributed by atoms with E-state index in [2.05, 4.69) is 0 Å². The highest BCUT2D eigenvalue weighted by molar-refractivity contribution is 5.72. The molecule has 0 radical (unpaired) electrons. The highest BCUT2D eigenvalue weighted by atomic mass is 16.7. The molecule has 0 aliphatic carbocycles. The molecule has 9 nitrogen and oxygen atoms in total. The molecule has 6 N–H and O–H groups in total. The predicted molar refractivity (Wildman–Crippen MR) is 53.4 cm³/mol. The van der Waals surface area contributed by atoms with Crippen LogP contribution in [0.1, 0.15) is 0 Å². The molecular formula is C9H16O9. The number of rotatable bonds is 5. The van der Waals surface area contributed by atoms with Crippen molar-refractivity contribution in [2.45, 2.75) is 36.8 Å². The smallest absolute Gasteiger partial charge is 0.335 e. The van der Waals surface area contributed by atoms with Gasteiger partial charge < -0.3 is 40.1 Å². The first-order valence-corrected chi connectivity index (χ1v) is 5.22. The summed E-state index contributed by atoms with van der Waals surface area (Å²) >= 11 is 0. The van der Waals surface area contributed by atoms with Gasteiger partial charge in [0.2, 0.25) is 0 Å². The zero-order chi connectivity index (χ0) is 13.9. The van der Waals surface area contributed by atoms with Crippen LogP contribution in [0.25, 0.3) is 0 Å². The Labute approximate surface area is 102 Å². The van der Waals surface area contributed by atoms with E-state index < -0.39 is 56.0 Å². The Kier molecular flexibility index (Phi) is 5.41. The van der Waals surface area contributed by atoms with Gasteiger partial charge in [0.1, 0.15) is 24.4 Å². The molecule has 1 fully saturated rings. The fraction of sp³-hybridized carbons (Fsp3) is 0.889. The van der Waals surface area contributed by atoms with Crippen molar-refractivity contribution in [1.82, 2.24) is 0 Å². The quantitative estimate of drug-likeness (QED) is 0.294. The fourth-order valence-corrected chi connectivity index (χ4v) is 1.52. The third-order valence-electron chi connectivity index (χ3n) is 2.59. The summed E-state index contributed by atoms with van der Waals surface area (Å²) in [6, 6.07) is 0. The lowest BCUT2D eigenvalue weighted by molar-refractivity contribution is -0.311. The van der Waals surface area contributed by atoms with Crippen molar-refractivity contribution in [2.24, 2.45) is 0 Å². The molecule has 0 bridgehead atoms. The van der Waals surface area contributed by atoms with Gasteiger partial charge in [-0.3, -0.25) is 0 Å². The van der Waals surface area contributed by atoms with Crippen molar-refractivity contribution >= 4 is 5.97 Å². The van der Waals surface area contributed by atoms with Crippen molar-refractivity contribution in [3.63, 3.8) is 0 Å². The number of hydrogen-bond donors (Lipinski definition) is 6. The zero-order valence-electron chi connectivity index (χ0n) is 9.29. The molecule has 0 aromatic carbocycles. The highest BCUT2D eigenvalue weighted by Crippen LogP contribution is 2.22. The van der Waals surface area contributed by atoms with Gasteiger partial charge in [-0.15, -0.1) is 0 Å². The van der Waals surface area contributed by atoms with Gasteiger partial charge in [-0.05, 0) is 0 Å². The Morgan fingerprint density at radius 2 is 1.78 bits per heavy atom. The number of carboxylic acid groups (broad SMARTS) is 1. The van der Waals surface area contributed by atoms with Crippen LogP contribution in [0, 0.1) is 0 Å². The maximum atomic E-state index is 10.6. The van der Waals surface area contributed by atoms with E-state index in [0.29, 0.717) is 0 Å². The molecule has 0 saturated carbocycles. The fourth-order valence-electron chi connectivity index (χ4n) is 1.52. The van der Waals surface area contributed by atoms with Crippen molar-refractivity contribution in [3.05, 3.63) is 0 Å². The average Bonchev–Trinajstić information content (AvgIpc) is 2.35. The highest BCUT2D eigenvalue weighted by Gasteiger charge is 2.45. The van der Waals surface area contributed by atoms with Gasteiger partial charge in [0.05, 0.1) is 13.2 Å². The van der Waals surface area contributed by atoms with Crippen LogP contribution in [0.5, 0.6) is 0 Å². The number of aliphatic hydroxyl groups is 5. The summed E-state index contributed by atoms with van der Waals surface area (Å²) in [7, 11) is 0. The molecule has 1 rings (SSSR count). The van der Waals surface area contributed by atoms with E-state index in [1.54, 1.807) is 0 Å². The summed E-state index contributed by atoms with van der Waals surface area (Å²) in [6.07, 6.45) is -9.32. The van der Waals surface area contributed by atoms with Crippen LogP contribution in [-0.2, 0) is 14.3 Å². The lowest BCUT2D eigenvalue weighted by Gasteiger charge is -2.40. The Balaban J connectivity index is 2.72. The number of ether oxygens (including phenoxy) is 2.